The number of esters is 1. The highest BCUT2D eigenvalue weighted by Gasteiger charge is 2.53. The maximum atomic E-state index is 13.4. The average molecular weight is 464 g/mol. The molecule has 4 rings (SSSR count). The molecule has 2 fully saturated rings. The first-order valence-electron chi connectivity index (χ1n) is 12.1. The Bertz CT molecular complexity index is 987. The first-order valence-corrected chi connectivity index (χ1v) is 12.1. The van der Waals surface area contributed by atoms with Crippen LogP contribution in [0.25, 0.3) is 0 Å². The van der Waals surface area contributed by atoms with Gasteiger partial charge in [0.2, 0.25) is 11.8 Å². The fourth-order valence-corrected chi connectivity index (χ4v) is 4.95. The number of nitrogens with one attached hydrogen (secondary N) is 1. The van der Waals surface area contributed by atoms with E-state index in [1.165, 1.54) is 5.56 Å². The lowest BCUT2D eigenvalue weighted by molar-refractivity contribution is -0.164. The molecule has 180 valence electrons. The number of nitrogens with zero attached hydrogens (tertiary/aromatic N) is 2. The van der Waals surface area contributed by atoms with Gasteiger partial charge in [-0.3, -0.25) is 19.3 Å². The minimum absolute atomic E-state index is 0.147. The number of rotatable bonds is 8. The van der Waals surface area contributed by atoms with E-state index < -0.39 is 17.6 Å². The number of likely N-dealkylation sites (tertiary alicyclic amines) is 1. The first-order chi connectivity index (χ1) is 16.5. The van der Waals surface area contributed by atoms with Crippen LogP contribution in [0.3, 0.4) is 0 Å². The number of amides is 2. The van der Waals surface area contributed by atoms with Gasteiger partial charge < -0.3 is 15.0 Å². The Labute approximate surface area is 201 Å². The van der Waals surface area contributed by atoms with Crippen LogP contribution in [0.2, 0.25) is 0 Å². The van der Waals surface area contributed by atoms with Crippen LogP contribution in [-0.2, 0) is 32.3 Å². The fraction of sp³-hybridized carbons (Fsp3) is 0.444. The summed E-state index contributed by atoms with van der Waals surface area (Å²) in [6.45, 7) is 4.95. The molecule has 7 nitrogen and oxygen atoms in total. The van der Waals surface area contributed by atoms with Crippen molar-refractivity contribution < 1.29 is 19.1 Å². The van der Waals surface area contributed by atoms with E-state index in [9.17, 15) is 14.4 Å². The highest BCUT2D eigenvalue weighted by molar-refractivity contribution is 6.01. The Morgan fingerprint density at radius 1 is 1.00 bits per heavy atom. The van der Waals surface area contributed by atoms with Crippen molar-refractivity contribution in [3.8, 4) is 0 Å². The van der Waals surface area contributed by atoms with E-state index in [0.717, 1.165) is 31.6 Å². The van der Waals surface area contributed by atoms with Crippen molar-refractivity contribution in [2.75, 3.05) is 19.6 Å². The van der Waals surface area contributed by atoms with Crippen LogP contribution in [-0.4, -0.2) is 58.8 Å². The summed E-state index contributed by atoms with van der Waals surface area (Å²) in [6, 6.07) is 18.8. The molecule has 2 aliphatic rings. The number of ether oxygens (including phenoxy) is 1. The number of hydrogen-bond acceptors (Lipinski definition) is 5. The lowest BCUT2D eigenvalue weighted by atomic mass is 9.81. The molecule has 2 aromatic carbocycles. The van der Waals surface area contributed by atoms with E-state index in [0.29, 0.717) is 19.4 Å². The topological polar surface area (TPSA) is 79.0 Å². The summed E-state index contributed by atoms with van der Waals surface area (Å²) in [7, 11) is 0. The van der Waals surface area contributed by atoms with Crippen LogP contribution in [0.15, 0.2) is 60.7 Å². The zero-order valence-corrected chi connectivity index (χ0v) is 19.7. The highest BCUT2D eigenvalue weighted by Crippen LogP contribution is 2.34. The molecule has 2 heterocycles. The molecule has 2 amide bonds. The fourth-order valence-electron chi connectivity index (χ4n) is 4.95. The molecule has 1 spiro atoms. The summed E-state index contributed by atoms with van der Waals surface area (Å²) in [4.78, 5) is 43.3. The number of piperazine rings is 1. The number of hydrogen-bond donors (Lipinski definition) is 1. The van der Waals surface area contributed by atoms with Crippen LogP contribution in [0.5, 0.6) is 0 Å². The number of piperidine rings is 1. The molecule has 0 aliphatic carbocycles. The monoisotopic (exact) mass is 463 g/mol. The second kappa shape index (κ2) is 10.8. The minimum atomic E-state index is -0.879. The van der Waals surface area contributed by atoms with Gasteiger partial charge in [0.15, 0.2) is 0 Å². The van der Waals surface area contributed by atoms with Crippen LogP contribution < -0.4 is 5.32 Å². The standard InChI is InChI=1S/C27H33N3O4/c1-2-15-30-25(32)23(18-24(31)34-20-22-11-7-4-8-12-22)28-26(33)27(30)13-16-29(17-14-27)19-21-9-5-3-6-10-21/h3-12,23H,2,13-20H2,1H3,(H,28,33). The summed E-state index contributed by atoms with van der Waals surface area (Å²) in [6.07, 6.45) is 1.76. The van der Waals surface area contributed by atoms with Crippen molar-refractivity contribution in [2.45, 2.75) is 57.3 Å². The Hall–Kier alpha value is -3.19. The van der Waals surface area contributed by atoms with Crippen LogP contribution in [0, 0.1) is 0 Å². The quantitative estimate of drug-likeness (QED) is 0.609. The van der Waals surface area contributed by atoms with Gasteiger partial charge in [-0.15, -0.1) is 0 Å². The lowest BCUT2D eigenvalue weighted by Crippen LogP contribution is -2.73. The van der Waals surface area contributed by atoms with Gasteiger partial charge in [-0.2, -0.15) is 0 Å². The van der Waals surface area contributed by atoms with Crippen LogP contribution >= 0.6 is 0 Å². The van der Waals surface area contributed by atoms with Gasteiger partial charge >= 0.3 is 5.97 Å². The molecule has 1 N–H and O–H groups in total. The van der Waals surface area contributed by atoms with Crippen molar-refractivity contribution in [3.05, 3.63) is 71.8 Å². The first kappa shape index (κ1) is 24.0. The summed E-state index contributed by atoms with van der Waals surface area (Å²) in [5, 5.41) is 2.86. The second-order valence-corrected chi connectivity index (χ2v) is 9.16. The minimum Gasteiger partial charge on any atom is -0.461 e. The van der Waals surface area contributed by atoms with Crippen molar-refractivity contribution in [1.82, 2.24) is 15.1 Å². The largest absolute Gasteiger partial charge is 0.461 e. The van der Waals surface area contributed by atoms with Gasteiger partial charge in [-0.1, -0.05) is 67.6 Å². The summed E-state index contributed by atoms with van der Waals surface area (Å²) in [5.74, 6) is -0.831. The van der Waals surface area contributed by atoms with E-state index in [4.69, 9.17) is 4.74 Å². The smallest absolute Gasteiger partial charge is 0.308 e. The van der Waals surface area contributed by atoms with Crippen molar-refractivity contribution in [3.63, 3.8) is 0 Å². The predicted octanol–water partition coefficient (Wildman–Crippen LogP) is 2.89. The van der Waals surface area contributed by atoms with Crippen molar-refractivity contribution >= 4 is 17.8 Å². The van der Waals surface area contributed by atoms with Gasteiger partial charge in [0, 0.05) is 26.2 Å². The van der Waals surface area contributed by atoms with Crippen molar-refractivity contribution in [2.24, 2.45) is 0 Å². The summed E-state index contributed by atoms with van der Waals surface area (Å²) in [5.41, 5.74) is 1.27. The third kappa shape index (κ3) is 5.30. The molecule has 2 aliphatic heterocycles. The van der Waals surface area contributed by atoms with E-state index in [2.05, 4.69) is 22.3 Å². The molecule has 1 unspecified atom stereocenters. The Balaban J connectivity index is 1.38. The van der Waals surface area contributed by atoms with Gasteiger partial charge in [0.1, 0.15) is 18.2 Å². The normalized spacial score (nSPS) is 20.3. The van der Waals surface area contributed by atoms with Gasteiger partial charge in [-0.05, 0) is 30.4 Å². The van der Waals surface area contributed by atoms with E-state index in [1.807, 2.05) is 55.5 Å². The Morgan fingerprint density at radius 2 is 1.62 bits per heavy atom. The summed E-state index contributed by atoms with van der Waals surface area (Å²) < 4.78 is 5.35. The third-order valence-corrected chi connectivity index (χ3v) is 6.80. The molecule has 0 aromatic heterocycles. The third-order valence-electron chi connectivity index (χ3n) is 6.80. The van der Waals surface area contributed by atoms with E-state index in [-0.39, 0.29) is 24.8 Å². The predicted molar refractivity (Wildman–Crippen MR) is 128 cm³/mol. The average Bonchev–Trinajstić information content (AvgIpc) is 2.86. The Kier molecular flexibility index (Phi) is 7.63. The molecule has 2 aromatic rings. The van der Waals surface area contributed by atoms with Crippen LogP contribution in [0.4, 0.5) is 0 Å². The Morgan fingerprint density at radius 3 is 2.24 bits per heavy atom. The van der Waals surface area contributed by atoms with E-state index in [1.54, 1.807) is 4.90 Å². The molecule has 0 radical (unpaired) electrons. The molecular weight excluding hydrogens is 430 g/mol. The zero-order chi connectivity index (χ0) is 24.0. The highest BCUT2D eigenvalue weighted by atomic mass is 16.5. The lowest BCUT2D eigenvalue weighted by Gasteiger charge is -2.51. The van der Waals surface area contributed by atoms with Gasteiger partial charge in [0.05, 0.1) is 6.42 Å². The zero-order valence-electron chi connectivity index (χ0n) is 19.7. The van der Waals surface area contributed by atoms with E-state index >= 15 is 0 Å². The molecule has 0 saturated carbocycles. The molecule has 34 heavy (non-hydrogen) atoms. The van der Waals surface area contributed by atoms with Crippen LogP contribution in [0.1, 0.15) is 43.7 Å². The number of benzene rings is 2. The maximum absolute atomic E-state index is 13.4. The maximum Gasteiger partial charge on any atom is 0.308 e. The molecule has 2 saturated heterocycles. The summed E-state index contributed by atoms with van der Waals surface area (Å²) >= 11 is 0. The SMILES string of the molecule is CCCN1C(=O)C(CC(=O)OCc2ccccc2)NC(=O)C12CCN(Cc1ccccc1)CC2. The van der Waals surface area contributed by atoms with Gasteiger partial charge in [0.25, 0.3) is 0 Å². The second-order valence-electron chi connectivity index (χ2n) is 9.16. The van der Waals surface area contributed by atoms with Crippen molar-refractivity contribution in [1.29, 1.82) is 0 Å². The molecule has 0 bridgehead atoms. The number of carbonyl (C=O) groups is 3. The molecule has 1 atom stereocenters. The number of carbonyl (C=O) groups excluding carboxylic acids is 3. The molecule has 7 heteroatoms. The molecular formula is C27H33N3O4. The van der Waals surface area contributed by atoms with Gasteiger partial charge in [-0.25, -0.2) is 0 Å².